The lowest BCUT2D eigenvalue weighted by Gasteiger charge is -2.37. The molecule has 0 radical (unpaired) electrons. The molecule has 3 rings (SSSR count). The number of benzene rings is 2. The largest absolute Gasteiger partial charge is 0.381 e. The van der Waals surface area contributed by atoms with E-state index in [1.807, 2.05) is 24.3 Å². The third-order valence-corrected chi connectivity index (χ3v) is 4.55. The Morgan fingerprint density at radius 3 is 2.65 bits per heavy atom. The summed E-state index contributed by atoms with van der Waals surface area (Å²) in [5.74, 6) is 0.285. The molecule has 4 heteroatoms. The molecule has 1 aliphatic rings. The van der Waals surface area contributed by atoms with Crippen LogP contribution >= 0.6 is 27.5 Å². The third kappa shape index (κ3) is 2.99. The highest BCUT2D eigenvalue weighted by Gasteiger charge is 2.30. The van der Waals surface area contributed by atoms with Crippen LogP contribution in [0.15, 0.2) is 46.9 Å². The first-order chi connectivity index (χ1) is 9.61. The highest BCUT2D eigenvalue weighted by molar-refractivity contribution is 9.10. The first kappa shape index (κ1) is 13.9. The molecule has 0 saturated heterocycles. The summed E-state index contributed by atoms with van der Waals surface area (Å²) in [6.45, 7) is 0. The number of nitrogens with one attached hydrogen (secondary N) is 1. The van der Waals surface area contributed by atoms with E-state index < -0.39 is 0 Å². The first-order valence-corrected chi connectivity index (χ1v) is 7.76. The molecule has 1 N–H and O–H groups in total. The Balaban J connectivity index is 1.61. The van der Waals surface area contributed by atoms with E-state index in [1.54, 1.807) is 12.1 Å². The summed E-state index contributed by atoms with van der Waals surface area (Å²) < 4.78 is 14.2. The van der Waals surface area contributed by atoms with E-state index in [9.17, 15) is 4.39 Å². The van der Waals surface area contributed by atoms with Crippen molar-refractivity contribution < 1.29 is 4.39 Å². The number of halogens is 3. The number of rotatable bonds is 3. The molecule has 0 aromatic heterocycles. The monoisotopic (exact) mass is 353 g/mol. The molecule has 104 valence electrons. The van der Waals surface area contributed by atoms with Gasteiger partial charge in [0, 0.05) is 10.5 Å². The van der Waals surface area contributed by atoms with Crippen molar-refractivity contribution in [3.8, 4) is 0 Å². The van der Waals surface area contributed by atoms with Crippen LogP contribution in [-0.2, 0) is 0 Å². The van der Waals surface area contributed by atoms with Gasteiger partial charge < -0.3 is 5.32 Å². The lowest BCUT2D eigenvalue weighted by Crippen LogP contribution is -2.34. The molecule has 2 aromatic rings. The smallest absolute Gasteiger partial charge is 0.123 e. The minimum absolute atomic E-state index is 0.158. The van der Waals surface area contributed by atoms with Gasteiger partial charge in [-0.15, -0.1) is 0 Å². The minimum Gasteiger partial charge on any atom is -0.381 e. The zero-order chi connectivity index (χ0) is 14.1. The molecule has 1 saturated carbocycles. The summed E-state index contributed by atoms with van der Waals surface area (Å²) >= 11 is 9.58. The lowest BCUT2D eigenvalue weighted by molar-refractivity contribution is 0.373. The molecule has 1 nitrogen and oxygen atoms in total. The van der Waals surface area contributed by atoms with E-state index in [4.69, 9.17) is 11.6 Å². The van der Waals surface area contributed by atoms with Gasteiger partial charge in [0.05, 0.1) is 10.7 Å². The molecule has 0 spiro atoms. The predicted octanol–water partition coefficient (Wildman–Crippen LogP) is 5.60. The van der Waals surface area contributed by atoms with Crippen LogP contribution in [0.5, 0.6) is 0 Å². The Hall–Kier alpha value is -1.06. The second-order valence-electron chi connectivity index (χ2n) is 5.19. The van der Waals surface area contributed by atoms with Crippen LogP contribution in [0, 0.1) is 5.82 Å². The minimum atomic E-state index is -0.158. The topological polar surface area (TPSA) is 12.0 Å². The van der Waals surface area contributed by atoms with Gasteiger partial charge >= 0.3 is 0 Å². The number of hydrogen-bond donors (Lipinski definition) is 1. The highest BCUT2D eigenvalue weighted by Crippen LogP contribution is 2.39. The second kappa shape index (κ2) is 5.74. The Morgan fingerprint density at radius 1 is 1.15 bits per heavy atom. The fourth-order valence-electron chi connectivity index (χ4n) is 2.59. The molecule has 0 atom stereocenters. The molecule has 0 unspecified atom stereocenters. The van der Waals surface area contributed by atoms with Gasteiger partial charge in [-0.05, 0) is 54.7 Å². The van der Waals surface area contributed by atoms with Crippen LogP contribution in [0.2, 0.25) is 5.02 Å². The average molecular weight is 355 g/mol. The molecule has 20 heavy (non-hydrogen) atoms. The van der Waals surface area contributed by atoms with Crippen LogP contribution in [0.1, 0.15) is 24.3 Å². The molecule has 0 bridgehead atoms. The first-order valence-electron chi connectivity index (χ1n) is 6.59. The van der Waals surface area contributed by atoms with Gasteiger partial charge in [0.15, 0.2) is 0 Å². The van der Waals surface area contributed by atoms with E-state index in [2.05, 4.69) is 21.2 Å². The molecular weight excluding hydrogens is 341 g/mol. The van der Waals surface area contributed by atoms with Gasteiger partial charge in [0.1, 0.15) is 5.82 Å². The average Bonchev–Trinajstić information content (AvgIpc) is 2.35. The van der Waals surface area contributed by atoms with Crippen molar-refractivity contribution in [3.63, 3.8) is 0 Å². The molecule has 0 aliphatic heterocycles. The molecule has 1 aliphatic carbocycles. The van der Waals surface area contributed by atoms with Crippen molar-refractivity contribution in [3.05, 3.63) is 63.3 Å². The van der Waals surface area contributed by atoms with Crippen molar-refractivity contribution in [1.82, 2.24) is 0 Å². The highest BCUT2D eigenvalue weighted by atomic mass is 79.9. The molecular formula is C16H14BrClFN. The Bertz CT molecular complexity index is 626. The van der Waals surface area contributed by atoms with Crippen LogP contribution in [0.4, 0.5) is 10.1 Å². The molecule has 0 amide bonds. The van der Waals surface area contributed by atoms with E-state index in [0.717, 1.165) is 28.6 Å². The van der Waals surface area contributed by atoms with Crippen LogP contribution in [-0.4, -0.2) is 6.04 Å². The summed E-state index contributed by atoms with van der Waals surface area (Å²) in [4.78, 5) is 0. The van der Waals surface area contributed by atoms with Crippen molar-refractivity contribution in [1.29, 1.82) is 0 Å². The summed E-state index contributed by atoms with van der Waals surface area (Å²) in [5, 5.41) is 4.16. The fourth-order valence-corrected chi connectivity index (χ4v) is 3.32. The summed E-state index contributed by atoms with van der Waals surface area (Å²) in [6, 6.07) is 13.1. The lowest BCUT2D eigenvalue weighted by atomic mass is 9.76. The zero-order valence-corrected chi connectivity index (χ0v) is 13.1. The van der Waals surface area contributed by atoms with Crippen LogP contribution in [0.3, 0.4) is 0 Å². The van der Waals surface area contributed by atoms with Gasteiger partial charge in [0.2, 0.25) is 0 Å². The van der Waals surface area contributed by atoms with E-state index in [1.165, 1.54) is 6.07 Å². The maximum absolute atomic E-state index is 13.2. The van der Waals surface area contributed by atoms with Crippen LogP contribution in [0.25, 0.3) is 0 Å². The maximum atomic E-state index is 13.2. The number of anilines is 1. The van der Waals surface area contributed by atoms with Crippen LogP contribution < -0.4 is 5.32 Å². The Kier molecular flexibility index (Phi) is 3.99. The maximum Gasteiger partial charge on any atom is 0.123 e. The van der Waals surface area contributed by atoms with Gasteiger partial charge in [-0.1, -0.05) is 39.7 Å². The van der Waals surface area contributed by atoms with Gasteiger partial charge in [-0.25, -0.2) is 4.39 Å². The molecule has 0 heterocycles. The third-order valence-electron chi connectivity index (χ3n) is 3.75. The molecule has 1 fully saturated rings. The zero-order valence-electron chi connectivity index (χ0n) is 10.7. The van der Waals surface area contributed by atoms with E-state index in [0.29, 0.717) is 17.0 Å². The van der Waals surface area contributed by atoms with Crippen molar-refractivity contribution in [2.75, 3.05) is 5.32 Å². The summed E-state index contributed by atoms with van der Waals surface area (Å²) in [5.41, 5.74) is 2.04. The van der Waals surface area contributed by atoms with Crippen molar-refractivity contribution in [2.45, 2.75) is 24.8 Å². The van der Waals surface area contributed by atoms with Crippen molar-refractivity contribution in [2.24, 2.45) is 0 Å². The standard InChI is InChI=1S/C16H14BrClFN/c17-12-4-5-16(15(18)9-12)20-14-7-11(8-14)10-2-1-3-13(19)6-10/h1-6,9,11,14,20H,7-8H2. The fraction of sp³-hybridized carbons (Fsp3) is 0.250. The van der Waals surface area contributed by atoms with E-state index >= 15 is 0 Å². The Labute approximate surface area is 131 Å². The quantitative estimate of drug-likeness (QED) is 0.756. The normalized spacial score (nSPS) is 21.4. The summed E-state index contributed by atoms with van der Waals surface area (Å²) in [7, 11) is 0. The van der Waals surface area contributed by atoms with Gasteiger partial charge in [-0.3, -0.25) is 0 Å². The van der Waals surface area contributed by atoms with Gasteiger partial charge in [0.25, 0.3) is 0 Å². The number of hydrogen-bond acceptors (Lipinski definition) is 1. The SMILES string of the molecule is Fc1cccc(C2CC(Nc3ccc(Br)cc3Cl)C2)c1. The molecule has 2 aromatic carbocycles. The van der Waals surface area contributed by atoms with Gasteiger partial charge in [-0.2, -0.15) is 0 Å². The Morgan fingerprint density at radius 2 is 1.95 bits per heavy atom. The van der Waals surface area contributed by atoms with Crippen molar-refractivity contribution >= 4 is 33.2 Å². The second-order valence-corrected chi connectivity index (χ2v) is 6.51. The summed E-state index contributed by atoms with van der Waals surface area (Å²) in [6.07, 6.45) is 2.02. The predicted molar refractivity (Wildman–Crippen MR) is 84.9 cm³/mol. The van der Waals surface area contributed by atoms with E-state index in [-0.39, 0.29) is 5.82 Å².